The number of rotatable bonds is 2. The zero-order chi connectivity index (χ0) is 7.84. The second-order valence-electron chi connectivity index (χ2n) is 3.25. The Balaban J connectivity index is 2.15. The highest BCUT2D eigenvalue weighted by Crippen LogP contribution is 2.37. The molecule has 4 N–H and O–H groups in total. The van der Waals surface area contributed by atoms with Gasteiger partial charge in [-0.1, -0.05) is 12.2 Å². The lowest BCUT2D eigenvalue weighted by Gasteiger charge is -2.21. The molecule has 4 atom stereocenters. The minimum atomic E-state index is 0.249. The summed E-state index contributed by atoms with van der Waals surface area (Å²) in [5.74, 6) is 0.907. The number of nitrogens with two attached hydrogens (primary N) is 2. The van der Waals surface area contributed by atoms with E-state index in [0.717, 1.165) is 0 Å². The predicted octanol–water partition coefficient (Wildman–Crippen LogP) is -0.527. The molecule has 2 heterocycles. The molecule has 0 amide bonds. The lowest BCUT2D eigenvalue weighted by Crippen LogP contribution is -2.35. The summed E-state index contributed by atoms with van der Waals surface area (Å²) < 4.78 is 5.61. The smallest absolute Gasteiger partial charge is 0.0809 e. The Bertz CT molecular complexity index is 163. The molecule has 3 heteroatoms. The summed E-state index contributed by atoms with van der Waals surface area (Å²) in [5.41, 5.74) is 11.2. The van der Waals surface area contributed by atoms with Crippen molar-refractivity contribution in [2.75, 3.05) is 13.1 Å². The van der Waals surface area contributed by atoms with E-state index in [4.69, 9.17) is 16.2 Å². The maximum atomic E-state index is 5.62. The van der Waals surface area contributed by atoms with Crippen molar-refractivity contribution in [3.63, 3.8) is 0 Å². The summed E-state index contributed by atoms with van der Waals surface area (Å²) in [6.07, 6.45) is 4.71. The Morgan fingerprint density at radius 3 is 1.82 bits per heavy atom. The van der Waals surface area contributed by atoms with Crippen molar-refractivity contribution in [1.29, 1.82) is 0 Å². The molecule has 2 rings (SSSR count). The first kappa shape index (κ1) is 7.28. The van der Waals surface area contributed by atoms with Crippen LogP contribution in [0.15, 0.2) is 12.2 Å². The van der Waals surface area contributed by atoms with Crippen LogP contribution in [0.3, 0.4) is 0 Å². The second kappa shape index (κ2) is 2.59. The van der Waals surface area contributed by atoms with Crippen molar-refractivity contribution in [3.05, 3.63) is 12.2 Å². The van der Waals surface area contributed by atoms with Crippen LogP contribution < -0.4 is 11.5 Å². The SMILES string of the molecule is NC[C@H]1[C@H](CN)[C@H]2C=C[C@@H]1O2. The van der Waals surface area contributed by atoms with Crippen molar-refractivity contribution < 1.29 is 4.74 Å². The maximum absolute atomic E-state index is 5.62. The molecule has 0 unspecified atom stereocenters. The zero-order valence-electron chi connectivity index (χ0n) is 6.44. The summed E-state index contributed by atoms with van der Waals surface area (Å²) in [4.78, 5) is 0. The molecule has 2 aliphatic rings. The molecule has 2 aliphatic heterocycles. The fourth-order valence-corrected chi connectivity index (χ4v) is 2.08. The predicted molar refractivity (Wildman–Crippen MR) is 42.9 cm³/mol. The van der Waals surface area contributed by atoms with Crippen LogP contribution in [0.25, 0.3) is 0 Å². The van der Waals surface area contributed by atoms with Gasteiger partial charge in [0.15, 0.2) is 0 Å². The molecule has 0 spiro atoms. The molecule has 1 fully saturated rings. The van der Waals surface area contributed by atoms with Crippen LogP contribution in [0, 0.1) is 11.8 Å². The maximum Gasteiger partial charge on any atom is 0.0809 e. The summed E-state index contributed by atoms with van der Waals surface area (Å²) in [6.45, 7) is 1.38. The third-order valence-corrected chi connectivity index (χ3v) is 2.74. The third kappa shape index (κ3) is 0.922. The Kier molecular flexibility index (Phi) is 1.71. The average Bonchev–Trinajstić information content (AvgIpc) is 2.60. The van der Waals surface area contributed by atoms with E-state index in [1.54, 1.807) is 0 Å². The number of ether oxygens (including phenoxy) is 1. The molecule has 1 saturated heterocycles. The van der Waals surface area contributed by atoms with E-state index in [1.165, 1.54) is 0 Å². The minimum absolute atomic E-state index is 0.249. The molecule has 2 bridgehead atoms. The molecule has 62 valence electrons. The minimum Gasteiger partial charge on any atom is -0.366 e. The summed E-state index contributed by atoms with van der Waals surface area (Å²) in [7, 11) is 0. The molecule has 11 heavy (non-hydrogen) atoms. The summed E-state index contributed by atoms with van der Waals surface area (Å²) in [6, 6.07) is 0. The summed E-state index contributed by atoms with van der Waals surface area (Å²) in [5, 5.41) is 0. The molecular weight excluding hydrogens is 140 g/mol. The fourth-order valence-electron chi connectivity index (χ4n) is 2.08. The summed E-state index contributed by atoms with van der Waals surface area (Å²) >= 11 is 0. The first-order valence-electron chi connectivity index (χ1n) is 4.10. The van der Waals surface area contributed by atoms with Crippen LogP contribution in [-0.4, -0.2) is 25.3 Å². The molecule has 0 radical (unpaired) electrons. The van der Waals surface area contributed by atoms with Gasteiger partial charge in [0.05, 0.1) is 12.2 Å². The Hall–Kier alpha value is -0.380. The van der Waals surface area contributed by atoms with Crippen LogP contribution >= 0.6 is 0 Å². The van der Waals surface area contributed by atoms with Crippen LogP contribution in [0.5, 0.6) is 0 Å². The van der Waals surface area contributed by atoms with Gasteiger partial charge < -0.3 is 16.2 Å². The largest absolute Gasteiger partial charge is 0.366 e. The Labute approximate surface area is 66.4 Å². The van der Waals surface area contributed by atoms with E-state index in [1.807, 2.05) is 0 Å². The molecule has 0 aromatic rings. The highest BCUT2D eigenvalue weighted by Gasteiger charge is 2.43. The van der Waals surface area contributed by atoms with Gasteiger partial charge >= 0.3 is 0 Å². The van der Waals surface area contributed by atoms with Gasteiger partial charge in [0.25, 0.3) is 0 Å². The van der Waals surface area contributed by atoms with Gasteiger partial charge in [0, 0.05) is 11.8 Å². The zero-order valence-corrected chi connectivity index (χ0v) is 6.44. The average molecular weight is 154 g/mol. The van der Waals surface area contributed by atoms with Crippen LogP contribution in [-0.2, 0) is 4.74 Å². The Morgan fingerprint density at radius 2 is 1.45 bits per heavy atom. The van der Waals surface area contributed by atoms with Crippen molar-refractivity contribution in [3.8, 4) is 0 Å². The van der Waals surface area contributed by atoms with Gasteiger partial charge in [-0.3, -0.25) is 0 Å². The van der Waals surface area contributed by atoms with Gasteiger partial charge in [-0.15, -0.1) is 0 Å². The molecule has 3 nitrogen and oxygen atoms in total. The topological polar surface area (TPSA) is 61.3 Å². The van der Waals surface area contributed by atoms with Gasteiger partial charge in [-0.2, -0.15) is 0 Å². The van der Waals surface area contributed by atoms with E-state index in [9.17, 15) is 0 Å². The first-order chi connectivity index (χ1) is 5.36. The number of fused-ring (bicyclic) bond motifs is 2. The van der Waals surface area contributed by atoms with Crippen LogP contribution in [0.4, 0.5) is 0 Å². The lowest BCUT2D eigenvalue weighted by molar-refractivity contribution is 0.104. The lowest BCUT2D eigenvalue weighted by atomic mass is 9.83. The molecule has 0 aromatic carbocycles. The van der Waals surface area contributed by atoms with E-state index < -0.39 is 0 Å². The van der Waals surface area contributed by atoms with Crippen LogP contribution in [0.2, 0.25) is 0 Å². The van der Waals surface area contributed by atoms with E-state index in [-0.39, 0.29) is 12.2 Å². The standard InChI is InChI=1S/C8H14N2O/c9-3-5-6(4-10)8-2-1-7(5)11-8/h1-2,5-8H,3-4,9-10H2/t5-,6-,7-,8+/m0/s1. The number of hydrogen-bond acceptors (Lipinski definition) is 3. The third-order valence-electron chi connectivity index (χ3n) is 2.74. The van der Waals surface area contributed by atoms with Crippen molar-refractivity contribution in [2.24, 2.45) is 23.3 Å². The fraction of sp³-hybridized carbons (Fsp3) is 0.750. The first-order valence-corrected chi connectivity index (χ1v) is 4.10. The molecule has 0 aliphatic carbocycles. The van der Waals surface area contributed by atoms with Crippen LogP contribution in [0.1, 0.15) is 0 Å². The normalized spacial score (nSPS) is 47.1. The van der Waals surface area contributed by atoms with Gasteiger partial charge in [-0.05, 0) is 13.1 Å². The van der Waals surface area contributed by atoms with Crippen molar-refractivity contribution in [1.82, 2.24) is 0 Å². The van der Waals surface area contributed by atoms with E-state index >= 15 is 0 Å². The highest BCUT2D eigenvalue weighted by molar-refractivity contribution is 5.14. The van der Waals surface area contributed by atoms with E-state index in [2.05, 4.69) is 12.2 Å². The van der Waals surface area contributed by atoms with E-state index in [0.29, 0.717) is 24.9 Å². The van der Waals surface area contributed by atoms with Crippen molar-refractivity contribution in [2.45, 2.75) is 12.2 Å². The van der Waals surface area contributed by atoms with Crippen molar-refractivity contribution >= 4 is 0 Å². The second-order valence-corrected chi connectivity index (χ2v) is 3.25. The Morgan fingerprint density at radius 1 is 1.00 bits per heavy atom. The molecular formula is C8H14N2O. The highest BCUT2D eigenvalue weighted by atomic mass is 16.5. The van der Waals surface area contributed by atoms with Gasteiger partial charge in [0.1, 0.15) is 0 Å². The molecule has 0 aromatic heterocycles. The monoisotopic (exact) mass is 154 g/mol. The van der Waals surface area contributed by atoms with Gasteiger partial charge in [-0.25, -0.2) is 0 Å². The van der Waals surface area contributed by atoms with Gasteiger partial charge in [0.2, 0.25) is 0 Å². The number of hydrogen-bond donors (Lipinski definition) is 2. The quantitative estimate of drug-likeness (QED) is 0.526. The molecule has 0 saturated carbocycles.